The van der Waals surface area contributed by atoms with Crippen LogP contribution in [0.4, 0.5) is 5.69 Å². The second-order valence-electron chi connectivity index (χ2n) is 12.9. The Kier molecular flexibility index (Phi) is 5.67. The first kappa shape index (κ1) is 26.9. The Balaban J connectivity index is 1.34. The fraction of sp³-hybridized carbons (Fsp3) is 0.0455. The fourth-order valence-corrected chi connectivity index (χ4v) is 8.56. The highest BCUT2D eigenvalue weighted by atomic mass is 16.6. The zero-order valence-electron chi connectivity index (χ0n) is 25.9. The van der Waals surface area contributed by atoms with E-state index in [9.17, 15) is 10.1 Å². The molecule has 226 valence electrons. The molecular weight excluding hydrogens is 588 g/mol. The van der Waals surface area contributed by atoms with Crippen molar-refractivity contribution in [3.05, 3.63) is 195 Å². The number of nitro benzene ring substituents is 1. The molecule has 0 aliphatic heterocycles. The lowest BCUT2D eigenvalue weighted by molar-refractivity contribution is -0.383. The largest absolute Gasteiger partial charge is 0.348 e. The standard InChI is InChI=1S/C44H28N2O2/c47-46(48)40-22-10-21-38-31-14-4-2-12-29(31)28-11-1-3-13-30(28)37-20-9-19-27(43(37)45-44(38)40)26-23-24-36-39(25-26)42-34-17-7-5-15-32(34)41(36)33-16-6-8-18-35(33)42/h1-25,41-42,45H. The van der Waals surface area contributed by atoms with Gasteiger partial charge in [0.1, 0.15) is 5.52 Å². The lowest BCUT2D eigenvalue weighted by atomic mass is 9.61. The van der Waals surface area contributed by atoms with Gasteiger partial charge in [0, 0.05) is 34.2 Å². The van der Waals surface area contributed by atoms with Gasteiger partial charge in [-0.15, -0.1) is 0 Å². The summed E-state index contributed by atoms with van der Waals surface area (Å²) in [7, 11) is 0. The first-order chi connectivity index (χ1) is 23.7. The van der Waals surface area contributed by atoms with E-state index in [-0.39, 0.29) is 22.4 Å². The van der Waals surface area contributed by atoms with Crippen LogP contribution in [0, 0.1) is 10.1 Å². The number of non-ortho nitro benzene ring substituents is 1. The molecular formula is C44H28N2O2. The van der Waals surface area contributed by atoms with Crippen LogP contribution in [0.25, 0.3) is 54.5 Å². The van der Waals surface area contributed by atoms with Crippen molar-refractivity contribution in [2.45, 2.75) is 11.8 Å². The van der Waals surface area contributed by atoms with Crippen LogP contribution >= 0.6 is 0 Å². The molecule has 2 bridgehead atoms. The van der Waals surface area contributed by atoms with Gasteiger partial charge in [0.2, 0.25) is 0 Å². The third kappa shape index (κ3) is 3.71. The number of fused-ring (bicyclic) bond motifs is 7. The van der Waals surface area contributed by atoms with Gasteiger partial charge in [-0.3, -0.25) is 10.1 Å². The molecule has 11 rings (SSSR count). The Morgan fingerprint density at radius 1 is 0.438 bits per heavy atom. The maximum Gasteiger partial charge on any atom is 0.293 e. The fourth-order valence-electron chi connectivity index (χ4n) is 8.56. The molecule has 1 N–H and O–H groups in total. The predicted molar refractivity (Wildman–Crippen MR) is 195 cm³/mol. The minimum absolute atomic E-state index is 0.0463. The minimum Gasteiger partial charge on any atom is -0.348 e. The summed E-state index contributed by atoms with van der Waals surface area (Å²) >= 11 is 0. The number of para-hydroxylation sites is 2. The molecule has 8 aromatic rings. The van der Waals surface area contributed by atoms with Crippen molar-refractivity contribution in [1.29, 1.82) is 0 Å². The zero-order valence-corrected chi connectivity index (χ0v) is 25.9. The molecule has 0 saturated carbocycles. The van der Waals surface area contributed by atoms with Crippen LogP contribution in [-0.2, 0) is 0 Å². The summed E-state index contributed by atoms with van der Waals surface area (Å²) in [5.74, 6) is 0.348. The van der Waals surface area contributed by atoms with E-state index in [1.807, 2.05) is 18.2 Å². The number of nitro groups is 1. The number of hydrogen-bond donors (Lipinski definition) is 1. The molecule has 3 aliphatic carbocycles. The van der Waals surface area contributed by atoms with Gasteiger partial charge in [-0.2, -0.15) is 0 Å². The lowest BCUT2D eigenvalue weighted by Crippen LogP contribution is -2.27. The SMILES string of the molecule is O=[N+]([O-])c1cccc2c1[nH]c1c(-c3ccc4c(c3)C3c5ccccc5C4c4ccccc43)cccc1c1ccccc1c1ccccc21. The molecule has 0 amide bonds. The number of hydrogen-bond acceptors (Lipinski definition) is 2. The summed E-state index contributed by atoms with van der Waals surface area (Å²) < 4.78 is 0. The van der Waals surface area contributed by atoms with Gasteiger partial charge >= 0.3 is 0 Å². The van der Waals surface area contributed by atoms with Gasteiger partial charge in [-0.1, -0.05) is 140 Å². The molecule has 1 heterocycles. The maximum absolute atomic E-state index is 12.6. The lowest BCUT2D eigenvalue weighted by Gasteiger charge is -2.42. The van der Waals surface area contributed by atoms with Crippen LogP contribution in [-0.4, -0.2) is 9.91 Å². The van der Waals surface area contributed by atoms with Crippen LogP contribution in [0.5, 0.6) is 0 Å². The van der Waals surface area contributed by atoms with Gasteiger partial charge in [-0.05, 0) is 66.6 Å². The number of aromatic amines is 1. The van der Waals surface area contributed by atoms with Crippen molar-refractivity contribution < 1.29 is 4.92 Å². The maximum atomic E-state index is 12.6. The smallest absolute Gasteiger partial charge is 0.293 e. The summed E-state index contributed by atoms with van der Waals surface area (Å²) in [4.78, 5) is 16.0. The van der Waals surface area contributed by atoms with Crippen LogP contribution in [0.3, 0.4) is 0 Å². The number of H-pyrrole nitrogens is 1. The zero-order chi connectivity index (χ0) is 31.9. The molecule has 3 aliphatic rings. The molecule has 4 nitrogen and oxygen atoms in total. The van der Waals surface area contributed by atoms with Crippen molar-refractivity contribution in [3.63, 3.8) is 0 Å². The van der Waals surface area contributed by atoms with E-state index in [1.165, 1.54) is 33.4 Å². The topological polar surface area (TPSA) is 58.9 Å². The van der Waals surface area contributed by atoms with Crippen LogP contribution in [0.2, 0.25) is 0 Å². The molecule has 0 saturated heterocycles. The van der Waals surface area contributed by atoms with E-state index < -0.39 is 0 Å². The molecule has 1 aromatic heterocycles. The highest BCUT2D eigenvalue weighted by Crippen LogP contribution is 2.56. The molecule has 0 spiro atoms. The molecule has 0 radical (unpaired) electrons. The summed E-state index contributed by atoms with van der Waals surface area (Å²) in [6.45, 7) is 0. The van der Waals surface area contributed by atoms with Crippen LogP contribution in [0.15, 0.2) is 152 Å². The Morgan fingerprint density at radius 3 is 1.44 bits per heavy atom. The second kappa shape index (κ2) is 10.1. The van der Waals surface area contributed by atoms with Crippen LogP contribution in [0.1, 0.15) is 45.2 Å². The summed E-state index contributed by atoms with van der Waals surface area (Å²) in [6, 6.07) is 53.0. The molecule has 0 fully saturated rings. The first-order valence-corrected chi connectivity index (χ1v) is 16.4. The molecule has 0 unspecified atom stereocenters. The van der Waals surface area contributed by atoms with E-state index in [1.54, 1.807) is 12.1 Å². The van der Waals surface area contributed by atoms with E-state index in [2.05, 4.69) is 126 Å². The van der Waals surface area contributed by atoms with Crippen LogP contribution < -0.4 is 0 Å². The Hall–Kier alpha value is -6.26. The highest BCUT2D eigenvalue weighted by molar-refractivity contribution is 6.20. The average molecular weight is 617 g/mol. The van der Waals surface area contributed by atoms with Gasteiger partial charge < -0.3 is 4.98 Å². The predicted octanol–water partition coefficient (Wildman–Crippen LogP) is 11.3. The van der Waals surface area contributed by atoms with Crippen molar-refractivity contribution in [1.82, 2.24) is 4.98 Å². The molecule has 4 heteroatoms. The molecule has 48 heavy (non-hydrogen) atoms. The number of rotatable bonds is 2. The minimum atomic E-state index is -0.285. The average Bonchev–Trinajstić information content (AvgIpc) is 3.19. The number of aromatic nitrogens is 1. The molecule has 0 atom stereocenters. The molecule has 7 aromatic carbocycles. The summed E-state index contributed by atoms with van der Waals surface area (Å²) in [5.41, 5.74) is 11.7. The van der Waals surface area contributed by atoms with Gasteiger partial charge in [0.25, 0.3) is 5.69 Å². The third-order valence-corrected chi connectivity index (χ3v) is 10.5. The van der Waals surface area contributed by atoms with Crippen molar-refractivity contribution in [2.24, 2.45) is 0 Å². The second-order valence-corrected chi connectivity index (χ2v) is 12.9. The number of nitrogens with zero attached hydrogens (tertiary/aromatic N) is 1. The number of nitrogens with one attached hydrogen (secondary N) is 1. The number of benzene rings is 7. The van der Waals surface area contributed by atoms with Gasteiger partial charge in [0.15, 0.2) is 0 Å². The van der Waals surface area contributed by atoms with Crippen molar-refractivity contribution in [2.75, 3.05) is 0 Å². The first-order valence-electron chi connectivity index (χ1n) is 16.4. The van der Waals surface area contributed by atoms with E-state index in [0.717, 1.165) is 49.0 Å². The summed E-state index contributed by atoms with van der Waals surface area (Å²) in [5, 5.41) is 18.5. The van der Waals surface area contributed by atoms with E-state index in [0.29, 0.717) is 5.52 Å². The monoisotopic (exact) mass is 616 g/mol. The third-order valence-electron chi connectivity index (χ3n) is 10.5. The Morgan fingerprint density at radius 2 is 0.875 bits per heavy atom. The Labute approximate surface area is 276 Å². The summed E-state index contributed by atoms with van der Waals surface area (Å²) in [6.07, 6.45) is 0. The highest BCUT2D eigenvalue weighted by Gasteiger charge is 2.41. The quantitative estimate of drug-likeness (QED) is 0.155. The van der Waals surface area contributed by atoms with Gasteiger partial charge in [-0.25, -0.2) is 0 Å². The van der Waals surface area contributed by atoms with Crippen molar-refractivity contribution >= 4 is 49.0 Å². The normalized spacial score (nSPS) is 15.7. The Bertz CT molecular complexity index is 2690. The van der Waals surface area contributed by atoms with E-state index >= 15 is 0 Å². The van der Waals surface area contributed by atoms with Gasteiger partial charge in [0.05, 0.1) is 10.4 Å². The van der Waals surface area contributed by atoms with E-state index in [4.69, 9.17) is 0 Å². The van der Waals surface area contributed by atoms with Crippen molar-refractivity contribution in [3.8, 4) is 11.1 Å².